The first-order valence-corrected chi connectivity index (χ1v) is 6.79. The Labute approximate surface area is 122 Å². The first kappa shape index (κ1) is 15.1. The van der Waals surface area contributed by atoms with Crippen molar-refractivity contribution in [1.29, 1.82) is 0 Å². The Morgan fingerprint density at radius 3 is 2.52 bits per heavy atom. The van der Waals surface area contributed by atoms with Gasteiger partial charge in [0.1, 0.15) is 5.82 Å². The summed E-state index contributed by atoms with van der Waals surface area (Å²) >= 11 is 0. The molecular formula is C16H17FN2O2. The van der Waals surface area contributed by atoms with Crippen LogP contribution in [0.5, 0.6) is 0 Å². The molecule has 1 N–H and O–H groups in total. The summed E-state index contributed by atoms with van der Waals surface area (Å²) in [6.45, 7) is 2.59. The van der Waals surface area contributed by atoms with Gasteiger partial charge in [-0.25, -0.2) is 4.39 Å². The minimum atomic E-state index is -0.362. The van der Waals surface area contributed by atoms with Crippen molar-refractivity contribution in [3.05, 3.63) is 75.6 Å². The number of hydrogen-bond acceptors (Lipinski definition) is 3. The van der Waals surface area contributed by atoms with Crippen LogP contribution in [0, 0.1) is 15.9 Å². The second-order valence-corrected chi connectivity index (χ2v) is 4.86. The smallest absolute Gasteiger partial charge is 0.272 e. The van der Waals surface area contributed by atoms with E-state index >= 15 is 0 Å². The number of nitrogens with one attached hydrogen (secondary N) is 1. The summed E-state index contributed by atoms with van der Waals surface area (Å²) in [5.41, 5.74) is 1.84. The van der Waals surface area contributed by atoms with Crippen LogP contribution in [0.2, 0.25) is 0 Å². The molecule has 0 amide bonds. The lowest BCUT2D eigenvalue weighted by Gasteiger charge is -2.14. The van der Waals surface area contributed by atoms with Gasteiger partial charge < -0.3 is 5.32 Å². The predicted octanol–water partition coefficient (Wildman–Crippen LogP) is 3.63. The molecule has 110 valence electrons. The monoisotopic (exact) mass is 288 g/mol. The second kappa shape index (κ2) is 6.95. The van der Waals surface area contributed by atoms with Crippen molar-refractivity contribution in [2.45, 2.75) is 19.4 Å². The quantitative estimate of drug-likeness (QED) is 0.652. The summed E-state index contributed by atoms with van der Waals surface area (Å²) in [6, 6.07) is 13.1. The number of rotatable bonds is 6. The highest BCUT2D eigenvalue weighted by Crippen LogP contribution is 2.18. The van der Waals surface area contributed by atoms with E-state index in [1.54, 1.807) is 30.3 Å². The van der Waals surface area contributed by atoms with Crippen molar-refractivity contribution in [2.75, 3.05) is 6.54 Å². The molecule has 0 aromatic heterocycles. The first-order valence-electron chi connectivity index (χ1n) is 6.79. The molecule has 2 aromatic rings. The number of nitro benzene ring substituents is 1. The standard InChI is InChI=1S/C16H17FN2O2/c1-12(13-6-8-15(17)9-7-13)18-11-10-14-4-2-3-5-16(14)19(20)21/h2-9,12,18H,10-11H2,1H3/t12-/m0/s1. The Hall–Kier alpha value is -2.27. The first-order chi connectivity index (χ1) is 10.1. The van der Waals surface area contributed by atoms with E-state index in [2.05, 4.69) is 5.32 Å². The van der Waals surface area contributed by atoms with Gasteiger partial charge in [0, 0.05) is 17.7 Å². The highest BCUT2D eigenvalue weighted by Gasteiger charge is 2.12. The fourth-order valence-corrected chi connectivity index (χ4v) is 2.19. The van der Waals surface area contributed by atoms with E-state index < -0.39 is 0 Å². The third-order valence-corrected chi connectivity index (χ3v) is 3.40. The average Bonchev–Trinajstić information content (AvgIpc) is 2.48. The maximum atomic E-state index is 12.9. The van der Waals surface area contributed by atoms with E-state index in [1.807, 2.05) is 6.92 Å². The summed E-state index contributed by atoms with van der Waals surface area (Å²) in [5, 5.41) is 14.2. The zero-order chi connectivity index (χ0) is 15.2. The lowest BCUT2D eigenvalue weighted by Crippen LogP contribution is -2.21. The maximum absolute atomic E-state index is 12.9. The number of nitro groups is 1. The van der Waals surface area contributed by atoms with Crippen LogP contribution in [0.3, 0.4) is 0 Å². The summed E-state index contributed by atoms with van der Waals surface area (Å²) in [4.78, 5) is 10.6. The summed E-state index contributed by atoms with van der Waals surface area (Å²) in [7, 11) is 0. The largest absolute Gasteiger partial charge is 0.310 e. The molecular weight excluding hydrogens is 271 g/mol. The van der Waals surface area contributed by atoms with Gasteiger partial charge in [0.15, 0.2) is 0 Å². The molecule has 1 atom stereocenters. The van der Waals surface area contributed by atoms with Gasteiger partial charge in [0.2, 0.25) is 0 Å². The molecule has 0 saturated heterocycles. The van der Waals surface area contributed by atoms with E-state index in [9.17, 15) is 14.5 Å². The van der Waals surface area contributed by atoms with E-state index in [0.717, 1.165) is 5.56 Å². The minimum absolute atomic E-state index is 0.0633. The zero-order valence-corrected chi connectivity index (χ0v) is 11.8. The summed E-state index contributed by atoms with van der Waals surface area (Å²) in [6.07, 6.45) is 0.572. The molecule has 4 nitrogen and oxygen atoms in total. The molecule has 0 radical (unpaired) electrons. The Bertz CT molecular complexity index is 614. The molecule has 5 heteroatoms. The van der Waals surface area contributed by atoms with Crippen LogP contribution >= 0.6 is 0 Å². The van der Waals surface area contributed by atoms with Gasteiger partial charge in [-0.1, -0.05) is 30.3 Å². The highest BCUT2D eigenvalue weighted by atomic mass is 19.1. The van der Waals surface area contributed by atoms with E-state index in [1.165, 1.54) is 18.2 Å². The van der Waals surface area contributed by atoms with Crippen molar-refractivity contribution >= 4 is 5.69 Å². The van der Waals surface area contributed by atoms with Crippen LogP contribution in [-0.2, 0) is 6.42 Å². The average molecular weight is 288 g/mol. The Balaban J connectivity index is 1.92. The number of benzene rings is 2. The van der Waals surface area contributed by atoms with Crippen LogP contribution in [-0.4, -0.2) is 11.5 Å². The van der Waals surface area contributed by atoms with Crippen molar-refractivity contribution in [3.63, 3.8) is 0 Å². The van der Waals surface area contributed by atoms with E-state index in [0.29, 0.717) is 18.5 Å². The van der Waals surface area contributed by atoms with Crippen molar-refractivity contribution in [3.8, 4) is 0 Å². The molecule has 0 heterocycles. The minimum Gasteiger partial charge on any atom is -0.310 e. The van der Waals surface area contributed by atoms with Crippen molar-refractivity contribution in [1.82, 2.24) is 5.32 Å². The van der Waals surface area contributed by atoms with Gasteiger partial charge in [-0.05, 0) is 37.6 Å². The molecule has 2 aromatic carbocycles. The third kappa shape index (κ3) is 4.10. The molecule has 0 bridgehead atoms. The molecule has 0 spiro atoms. The van der Waals surface area contributed by atoms with Crippen LogP contribution in [0.25, 0.3) is 0 Å². The van der Waals surface area contributed by atoms with Gasteiger partial charge >= 0.3 is 0 Å². The van der Waals surface area contributed by atoms with E-state index in [-0.39, 0.29) is 22.5 Å². The normalized spacial score (nSPS) is 12.1. The third-order valence-electron chi connectivity index (χ3n) is 3.40. The SMILES string of the molecule is C[C@H](NCCc1ccccc1[N+](=O)[O-])c1ccc(F)cc1. The summed E-state index contributed by atoms with van der Waals surface area (Å²) in [5.74, 6) is -0.258. The van der Waals surface area contributed by atoms with Crippen LogP contribution < -0.4 is 5.32 Å². The number of para-hydroxylation sites is 1. The lowest BCUT2D eigenvalue weighted by molar-refractivity contribution is -0.385. The van der Waals surface area contributed by atoms with Crippen LogP contribution in [0.4, 0.5) is 10.1 Å². The van der Waals surface area contributed by atoms with Gasteiger partial charge in [-0.2, -0.15) is 0 Å². The number of halogens is 1. The molecule has 21 heavy (non-hydrogen) atoms. The topological polar surface area (TPSA) is 55.2 Å². The van der Waals surface area contributed by atoms with Gasteiger partial charge in [-0.15, -0.1) is 0 Å². The maximum Gasteiger partial charge on any atom is 0.272 e. The highest BCUT2D eigenvalue weighted by molar-refractivity contribution is 5.39. The second-order valence-electron chi connectivity index (χ2n) is 4.86. The van der Waals surface area contributed by atoms with Crippen molar-refractivity contribution < 1.29 is 9.31 Å². The molecule has 0 aliphatic heterocycles. The molecule has 0 saturated carbocycles. The molecule has 0 fully saturated rings. The number of hydrogen-bond donors (Lipinski definition) is 1. The molecule has 0 aliphatic carbocycles. The molecule has 2 rings (SSSR count). The van der Waals surface area contributed by atoms with Crippen molar-refractivity contribution in [2.24, 2.45) is 0 Å². The van der Waals surface area contributed by atoms with Gasteiger partial charge in [0.25, 0.3) is 5.69 Å². The van der Waals surface area contributed by atoms with Crippen LogP contribution in [0.1, 0.15) is 24.1 Å². The lowest BCUT2D eigenvalue weighted by atomic mass is 10.1. The van der Waals surface area contributed by atoms with Gasteiger partial charge in [-0.3, -0.25) is 10.1 Å². The van der Waals surface area contributed by atoms with Crippen LogP contribution in [0.15, 0.2) is 48.5 Å². The summed E-state index contributed by atoms with van der Waals surface area (Å²) < 4.78 is 12.9. The zero-order valence-electron chi connectivity index (χ0n) is 11.8. The molecule has 0 aliphatic rings. The Morgan fingerprint density at radius 2 is 1.86 bits per heavy atom. The Kier molecular flexibility index (Phi) is 5.00. The van der Waals surface area contributed by atoms with E-state index in [4.69, 9.17) is 0 Å². The Morgan fingerprint density at radius 1 is 1.19 bits per heavy atom. The fourth-order valence-electron chi connectivity index (χ4n) is 2.19. The predicted molar refractivity (Wildman–Crippen MR) is 79.6 cm³/mol. The molecule has 0 unspecified atom stereocenters. The number of nitrogens with zero attached hydrogens (tertiary/aromatic N) is 1. The fraction of sp³-hybridized carbons (Fsp3) is 0.250. The van der Waals surface area contributed by atoms with Gasteiger partial charge in [0.05, 0.1) is 4.92 Å².